The Hall–Kier alpha value is -2.32. The molecule has 9 heteroatoms. The fourth-order valence-electron chi connectivity index (χ4n) is 2.80. The minimum atomic E-state index is -3.04. The fraction of sp³-hybridized carbons (Fsp3) is 0.294. The molecule has 0 aliphatic carbocycles. The van der Waals surface area contributed by atoms with Crippen LogP contribution in [0.15, 0.2) is 40.8 Å². The van der Waals surface area contributed by atoms with Gasteiger partial charge in [-0.05, 0) is 36.6 Å². The number of amides is 2. The summed E-state index contributed by atoms with van der Waals surface area (Å²) in [6, 6.07) is 10.1. The van der Waals surface area contributed by atoms with Crippen LogP contribution in [0, 0.1) is 5.92 Å². The van der Waals surface area contributed by atoms with Crippen LogP contribution in [0.1, 0.15) is 23.4 Å². The lowest BCUT2D eigenvalue weighted by atomic mass is 10.1. The van der Waals surface area contributed by atoms with Crippen molar-refractivity contribution in [2.24, 2.45) is 5.92 Å². The van der Waals surface area contributed by atoms with Gasteiger partial charge in [0.25, 0.3) is 0 Å². The minimum absolute atomic E-state index is 0.00768. The molecule has 1 aliphatic rings. The SMILES string of the molecule is O=C(C[C@H]1CCS(=O)(=O)C1)NNC(=O)c1ccc(-c2ccccc2Cl)o1. The quantitative estimate of drug-likeness (QED) is 0.770. The third kappa shape index (κ3) is 4.44. The Morgan fingerprint density at radius 1 is 1.15 bits per heavy atom. The fourth-order valence-corrected chi connectivity index (χ4v) is 4.89. The van der Waals surface area contributed by atoms with Gasteiger partial charge in [-0.2, -0.15) is 0 Å². The smallest absolute Gasteiger partial charge is 0.305 e. The van der Waals surface area contributed by atoms with E-state index in [1.54, 1.807) is 30.3 Å². The molecule has 1 aromatic heterocycles. The minimum Gasteiger partial charge on any atom is -0.451 e. The number of benzene rings is 1. The van der Waals surface area contributed by atoms with Gasteiger partial charge in [0, 0.05) is 12.0 Å². The molecule has 2 amide bonds. The van der Waals surface area contributed by atoms with E-state index in [-0.39, 0.29) is 29.6 Å². The van der Waals surface area contributed by atoms with E-state index in [0.717, 1.165) is 0 Å². The number of furan rings is 1. The summed E-state index contributed by atoms with van der Waals surface area (Å²) in [6.07, 6.45) is 0.506. The molecule has 0 radical (unpaired) electrons. The predicted molar refractivity (Wildman–Crippen MR) is 96.1 cm³/mol. The molecular formula is C17H17ClN2O5S. The van der Waals surface area contributed by atoms with Crippen molar-refractivity contribution in [1.29, 1.82) is 0 Å². The Kier molecular flexibility index (Phi) is 5.33. The summed E-state index contributed by atoms with van der Waals surface area (Å²) in [7, 11) is -3.04. The average Bonchev–Trinajstić information content (AvgIpc) is 3.20. The third-order valence-electron chi connectivity index (χ3n) is 4.09. The molecule has 3 rings (SSSR count). The van der Waals surface area contributed by atoms with Gasteiger partial charge >= 0.3 is 5.91 Å². The Morgan fingerprint density at radius 3 is 2.62 bits per heavy atom. The number of hydrogen-bond donors (Lipinski definition) is 2. The van der Waals surface area contributed by atoms with Crippen molar-refractivity contribution in [2.75, 3.05) is 11.5 Å². The van der Waals surface area contributed by atoms with Gasteiger partial charge in [-0.1, -0.05) is 23.7 Å². The number of rotatable bonds is 4. The van der Waals surface area contributed by atoms with E-state index in [9.17, 15) is 18.0 Å². The summed E-state index contributed by atoms with van der Waals surface area (Å²) in [5.74, 6) is -0.712. The highest BCUT2D eigenvalue weighted by Gasteiger charge is 2.29. The van der Waals surface area contributed by atoms with Gasteiger partial charge in [-0.15, -0.1) is 0 Å². The molecule has 1 saturated heterocycles. The number of hydrazine groups is 1. The van der Waals surface area contributed by atoms with Crippen LogP contribution in [0.5, 0.6) is 0 Å². The summed E-state index contributed by atoms with van der Waals surface area (Å²) in [4.78, 5) is 23.9. The van der Waals surface area contributed by atoms with Crippen LogP contribution in [0.25, 0.3) is 11.3 Å². The lowest BCUT2D eigenvalue weighted by Gasteiger charge is -2.09. The molecule has 2 N–H and O–H groups in total. The Labute approximate surface area is 155 Å². The van der Waals surface area contributed by atoms with E-state index in [0.29, 0.717) is 22.8 Å². The van der Waals surface area contributed by atoms with Crippen molar-refractivity contribution in [1.82, 2.24) is 10.9 Å². The average molecular weight is 397 g/mol. The highest BCUT2D eigenvalue weighted by Crippen LogP contribution is 2.29. The second-order valence-corrected chi connectivity index (χ2v) is 8.76. The number of sulfone groups is 1. The maximum Gasteiger partial charge on any atom is 0.305 e. The molecule has 1 aromatic carbocycles. The molecule has 0 spiro atoms. The number of carbonyl (C=O) groups excluding carboxylic acids is 2. The zero-order valence-electron chi connectivity index (χ0n) is 13.7. The van der Waals surface area contributed by atoms with Crippen LogP contribution < -0.4 is 10.9 Å². The Bertz CT molecular complexity index is 938. The van der Waals surface area contributed by atoms with Gasteiger partial charge in [0.1, 0.15) is 5.76 Å². The lowest BCUT2D eigenvalue weighted by molar-refractivity contribution is -0.122. The molecular weight excluding hydrogens is 380 g/mol. The third-order valence-corrected chi connectivity index (χ3v) is 6.25. The molecule has 1 atom stereocenters. The summed E-state index contributed by atoms with van der Waals surface area (Å²) in [5, 5.41) is 0.494. The van der Waals surface area contributed by atoms with Gasteiger partial charge in [-0.3, -0.25) is 20.4 Å². The van der Waals surface area contributed by atoms with Gasteiger partial charge in [0.05, 0.1) is 16.5 Å². The van der Waals surface area contributed by atoms with Crippen LogP contribution in [0.4, 0.5) is 0 Å². The number of nitrogens with one attached hydrogen (secondary N) is 2. The normalized spacial score (nSPS) is 18.4. The zero-order valence-corrected chi connectivity index (χ0v) is 15.3. The van der Waals surface area contributed by atoms with Crippen molar-refractivity contribution in [2.45, 2.75) is 12.8 Å². The van der Waals surface area contributed by atoms with Gasteiger partial charge < -0.3 is 4.42 Å². The van der Waals surface area contributed by atoms with Crippen LogP contribution in [0.2, 0.25) is 5.02 Å². The van der Waals surface area contributed by atoms with Crippen molar-refractivity contribution in [3.63, 3.8) is 0 Å². The maximum atomic E-state index is 12.1. The van der Waals surface area contributed by atoms with Gasteiger partial charge in [0.15, 0.2) is 15.6 Å². The molecule has 0 unspecified atom stereocenters. The van der Waals surface area contributed by atoms with E-state index in [1.807, 2.05) is 0 Å². The molecule has 0 bridgehead atoms. The number of halogens is 1. The van der Waals surface area contributed by atoms with Crippen LogP contribution in [-0.4, -0.2) is 31.7 Å². The van der Waals surface area contributed by atoms with Crippen molar-refractivity contribution in [3.05, 3.63) is 47.2 Å². The largest absolute Gasteiger partial charge is 0.451 e. The molecule has 7 nitrogen and oxygen atoms in total. The molecule has 1 fully saturated rings. The first-order valence-electron chi connectivity index (χ1n) is 7.98. The summed E-state index contributed by atoms with van der Waals surface area (Å²) in [6.45, 7) is 0. The number of hydrogen-bond acceptors (Lipinski definition) is 5. The van der Waals surface area contributed by atoms with Crippen molar-refractivity contribution < 1.29 is 22.4 Å². The highest BCUT2D eigenvalue weighted by molar-refractivity contribution is 7.91. The van der Waals surface area contributed by atoms with Crippen LogP contribution >= 0.6 is 11.6 Å². The molecule has 2 heterocycles. The second kappa shape index (κ2) is 7.51. The van der Waals surface area contributed by atoms with E-state index in [2.05, 4.69) is 10.9 Å². The maximum absolute atomic E-state index is 12.1. The summed E-state index contributed by atoms with van der Waals surface area (Å²) < 4.78 is 28.3. The Balaban J connectivity index is 1.54. The van der Waals surface area contributed by atoms with Crippen molar-refractivity contribution in [3.8, 4) is 11.3 Å². The molecule has 138 valence electrons. The van der Waals surface area contributed by atoms with Gasteiger partial charge in [-0.25, -0.2) is 8.42 Å². The summed E-state index contributed by atoms with van der Waals surface area (Å²) in [5.41, 5.74) is 5.19. The Morgan fingerprint density at radius 2 is 1.92 bits per heavy atom. The highest BCUT2D eigenvalue weighted by atomic mass is 35.5. The van der Waals surface area contributed by atoms with E-state index in [1.165, 1.54) is 6.07 Å². The van der Waals surface area contributed by atoms with Crippen LogP contribution in [-0.2, 0) is 14.6 Å². The molecule has 0 saturated carbocycles. The first-order valence-corrected chi connectivity index (χ1v) is 10.2. The first kappa shape index (κ1) is 18.5. The predicted octanol–water partition coefficient (Wildman–Crippen LogP) is 2.19. The van der Waals surface area contributed by atoms with E-state index < -0.39 is 21.7 Å². The molecule has 2 aromatic rings. The van der Waals surface area contributed by atoms with Crippen molar-refractivity contribution >= 4 is 33.3 Å². The lowest BCUT2D eigenvalue weighted by Crippen LogP contribution is -2.42. The molecule has 1 aliphatic heterocycles. The van der Waals surface area contributed by atoms with E-state index >= 15 is 0 Å². The second-order valence-electron chi connectivity index (χ2n) is 6.12. The number of carbonyl (C=O) groups is 2. The summed E-state index contributed by atoms with van der Waals surface area (Å²) >= 11 is 6.09. The molecule has 26 heavy (non-hydrogen) atoms. The van der Waals surface area contributed by atoms with Gasteiger partial charge in [0.2, 0.25) is 5.91 Å². The topological polar surface area (TPSA) is 105 Å². The zero-order chi connectivity index (χ0) is 18.7. The monoisotopic (exact) mass is 396 g/mol. The van der Waals surface area contributed by atoms with Crippen LogP contribution in [0.3, 0.4) is 0 Å². The standard InChI is InChI=1S/C17H17ClN2O5S/c18-13-4-2-1-3-12(13)14-5-6-15(25-14)17(22)20-19-16(21)9-11-7-8-26(23,24)10-11/h1-6,11H,7-10H2,(H,19,21)(H,20,22)/t11-/m1/s1. The van der Waals surface area contributed by atoms with E-state index in [4.69, 9.17) is 16.0 Å². The first-order chi connectivity index (χ1) is 12.3.